The molecule has 1 aliphatic carbocycles. The molecular formula is C20H26N4O. The van der Waals surface area contributed by atoms with Crippen molar-refractivity contribution in [1.29, 1.82) is 0 Å². The number of hydrogen-bond acceptors (Lipinski definition) is 4. The summed E-state index contributed by atoms with van der Waals surface area (Å²) in [7, 11) is 0. The minimum absolute atomic E-state index is 0.0934. The molecule has 5 nitrogen and oxygen atoms in total. The molecule has 1 saturated carbocycles. The van der Waals surface area contributed by atoms with E-state index in [1.165, 1.54) is 37.4 Å². The van der Waals surface area contributed by atoms with Crippen molar-refractivity contribution in [3.8, 4) is 0 Å². The molecule has 1 fully saturated rings. The first-order valence-corrected chi connectivity index (χ1v) is 8.92. The van der Waals surface area contributed by atoms with Crippen molar-refractivity contribution < 1.29 is 4.79 Å². The van der Waals surface area contributed by atoms with E-state index in [0.717, 1.165) is 11.5 Å². The average molecular weight is 338 g/mol. The lowest BCUT2D eigenvalue weighted by atomic mass is 9.87. The van der Waals surface area contributed by atoms with Crippen molar-refractivity contribution in [3.05, 3.63) is 47.9 Å². The van der Waals surface area contributed by atoms with Crippen LogP contribution in [0.2, 0.25) is 0 Å². The molecule has 5 heteroatoms. The summed E-state index contributed by atoms with van der Waals surface area (Å²) < 4.78 is 0. The van der Waals surface area contributed by atoms with Crippen LogP contribution in [-0.2, 0) is 5.41 Å². The summed E-state index contributed by atoms with van der Waals surface area (Å²) in [6.45, 7) is 6.49. The molecule has 0 spiro atoms. The van der Waals surface area contributed by atoms with Crippen LogP contribution >= 0.6 is 0 Å². The Morgan fingerprint density at radius 3 is 2.28 bits per heavy atom. The SMILES string of the molecule is CC(C)(C)c1ccc(NC(=O)c2cnc(NC3CCCC3)cn2)cc1. The van der Waals surface area contributed by atoms with E-state index >= 15 is 0 Å². The van der Waals surface area contributed by atoms with Gasteiger partial charge in [0.25, 0.3) is 5.91 Å². The Bertz CT molecular complexity index is 711. The van der Waals surface area contributed by atoms with Crippen LogP contribution in [0.4, 0.5) is 11.5 Å². The van der Waals surface area contributed by atoms with Crippen LogP contribution < -0.4 is 10.6 Å². The number of carbonyl (C=O) groups excluding carboxylic acids is 1. The summed E-state index contributed by atoms with van der Waals surface area (Å²) in [6, 6.07) is 8.39. The van der Waals surface area contributed by atoms with Crippen molar-refractivity contribution >= 4 is 17.4 Å². The maximum absolute atomic E-state index is 12.3. The van der Waals surface area contributed by atoms with Crippen molar-refractivity contribution in [2.45, 2.75) is 57.9 Å². The fourth-order valence-corrected chi connectivity index (χ4v) is 3.05. The molecule has 0 radical (unpaired) electrons. The monoisotopic (exact) mass is 338 g/mol. The van der Waals surface area contributed by atoms with E-state index in [-0.39, 0.29) is 11.3 Å². The van der Waals surface area contributed by atoms with Crippen molar-refractivity contribution in [3.63, 3.8) is 0 Å². The normalized spacial score (nSPS) is 15.2. The Balaban J connectivity index is 1.60. The number of nitrogens with zero attached hydrogens (tertiary/aromatic N) is 2. The van der Waals surface area contributed by atoms with E-state index in [0.29, 0.717) is 11.7 Å². The van der Waals surface area contributed by atoms with Gasteiger partial charge in [-0.25, -0.2) is 9.97 Å². The maximum Gasteiger partial charge on any atom is 0.275 e. The quantitative estimate of drug-likeness (QED) is 0.868. The number of anilines is 2. The molecular weight excluding hydrogens is 312 g/mol. The smallest absolute Gasteiger partial charge is 0.275 e. The van der Waals surface area contributed by atoms with Gasteiger partial charge in [-0.15, -0.1) is 0 Å². The van der Waals surface area contributed by atoms with Crippen molar-refractivity contribution in [2.75, 3.05) is 10.6 Å². The predicted molar refractivity (Wildman–Crippen MR) is 101 cm³/mol. The molecule has 0 atom stereocenters. The predicted octanol–water partition coefficient (Wildman–Crippen LogP) is 4.38. The average Bonchev–Trinajstić information content (AvgIpc) is 3.08. The second kappa shape index (κ2) is 7.21. The van der Waals surface area contributed by atoms with Gasteiger partial charge in [0, 0.05) is 11.7 Å². The second-order valence-corrected chi connectivity index (χ2v) is 7.69. The minimum atomic E-state index is -0.247. The Kier molecular flexibility index (Phi) is 5.02. The van der Waals surface area contributed by atoms with Crippen LogP contribution in [0.5, 0.6) is 0 Å². The molecule has 0 bridgehead atoms. The zero-order valence-electron chi connectivity index (χ0n) is 15.2. The number of aromatic nitrogens is 2. The molecule has 1 aromatic carbocycles. The highest BCUT2D eigenvalue weighted by atomic mass is 16.1. The lowest BCUT2D eigenvalue weighted by Crippen LogP contribution is -2.18. The molecule has 2 N–H and O–H groups in total. The first kappa shape index (κ1) is 17.4. The van der Waals surface area contributed by atoms with Crippen molar-refractivity contribution in [1.82, 2.24) is 9.97 Å². The van der Waals surface area contributed by atoms with Gasteiger partial charge >= 0.3 is 0 Å². The molecule has 132 valence electrons. The van der Waals surface area contributed by atoms with E-state index in [1.807, 2.05) is 24.3 Å². The fraction of sp³-hybridized carbons (Fsp3) is 0.450. The highest BCUT2D eigenvalue weighted by molar-refractivity contribution is 6.02. The topological polar surface area (TPSA) is 66.9 Å². The van der Waals surface area contributed by atoms with Gasteiger partial charge < -0.3 is 10.6 Å². The summed E-state index contributed by atoms with van der Waals surface area (Å²) >= 11 is 0. The van der Waals surface area contributed by atoms with E-state index in [1.54, 1.807) is 6.20 Å². The van der Waals surface area contributed by atoms with Gasteiger partial charge in [0.1, 0.15) is 11.5 Å². The number of benzene rings is 1. The standard InChI is InChI=1S/C20H26N4O/c1-20(2,3)14-8-10-16(11-9-14)24-19(25)17-12-22-18(13-21-17)23-15-6-4-5-7-15/h8-13,15H,4-7H2,1-3H3,(H,22,23)(H,24,25). The molecule has 1 amide bonds. The summed E-state index contributed by atoms with van der Waals surface area (Å²) in [5.74, 6) is 0.487. The Morgan fingerprint density at radius 1 is 1.04 bits per heavy atom. The number of amides is 1. The first-order valence-electron chi connectivity index (χ1n) is 8.92. The zero-order valence-corrected chi connectivity index (χ0v) is 15.2. The van der Waals surface area contributed by atoms with Crippen LogP contribution in [-0.4, -0.2) is 21.9 Å². The number of hydrogen-bond donors (Lipinski definition) is 2. The van der Waals surface area contributed by atoms with E-state index in [2.05, 4.69) is 41.4 Å². The van der Waals surface area contributed by atoms with Crippen LogP contribution in [0.25, 0.3) is 0 Å². The van der Waals surface area contributed by atoms with Gasteiger partial charge in [-0.1, -0.05) is 45.7 Å². The lowest BCUT2D eigenvalue weighted by Gasteiger charge is -2.19. The Labute approximate surface area is 149 Å². The first-order chi connectivity index (χ1) is 11.9. The highest BCUT2D eigenvalue weighted by Crippen LogP contribution is 2.24. The van der Waals surface area contributed by atoms with Gasteiger partial charge in [-0.2, -0.15) is 0 Å². The molecule has 3 rings (SSSR count). The summed E-state index contributed by atoms with van der Waals surface area (Å²) in [5, 5.41) is 6.24. The molecule has 0 aliphatic heterocycles. The number of rotatable bonds is 4. The summed E-state index contributed by atoms with van der Waals surface area (Å²) in [4.78, 5) is 20.9. The van der Waals surface area contributed by atoms with E-state index < -0.39 is 0 Å². The molecule has 1 heterocycles. The van der Waals surface area contributed by atoms with Crippen molar-refractivity contribution in [2.24, 2.45) is 0 Å². The molecule has 2 aromatic rings. The van der Waals surface area contributed by atoms with Crippen LogP contribution in [0.15, 0.2) is 36.7 Å². The fourth-order valence-electron chi connectivity index (χ4n) is 3.05. The summed E-state index contributed by atoms with van der Waals surface area (Å²) in [5.41, 5.74) is 2.40. The molecule has 25 heavy (non-hydrogen) atoms. The Hall–Kier alpha value is -2.43. The maximum atomic E-state index is 12.3. The molecule has 1 aromatic heterocycles. The zero-order chi connectivity index (χ0) is 17.9. The molecule has 0 unspecified atom stereocenters. The molecule has 0 saturated heterocycles. The third-order valence-electron chi connectivity index (χ3n) is 4.60. The Morgan fingerprint density at radius 2 is 1.72 bits per heavy atom. The largest absolute Gasteiger partial charge is 0.366 e. The van der Waals surface area contributed by atoms with Gasteiger partial charge in [-0.05, 0) is 36.0 Å². The second-order valence-electron chi connectivity index (χ2n) is 7.69. The third-order valence-corrected chi connectivity index (χ3v) is 4.60. The van der Waals surface area contributed by atoms with Gasteiger partial charge in [0.05, 0.1) is 12.4 Å². The lowest BCUT2D eigenvalue weighted by molar-refractivity contribution is 0.102. The number of carbonyl (C=O) groups is 1. The highest BCUT2D eigenvalue weighted by Gasteiger charge is 2.16. The van der Waals surface area contributed by atoms with Crippen LogP contribution in [0.1, 0.15) is 62.5 Å². The van der Waals surface area contributed by atoms with Crippen LogP contribution in [0, 0.1) is 0 Å². The summed E-state index contributed by atoms with van der Waals surface area (Å²) in [6.07, 6.45) is 8.04. The van der Waals surface area contributed by atoms with E-state index in [4.69, 9.17) is 0 Å². The van der Waals surface area contributed by atoms with E-state index in [9.17, 15) is 4.79 Å². The van der Waals surface area contributed by atoms with Gasteiger partial charge in [-0.3, -0.25) is 4.79 Å². The third kappa shape index (κ3) is 4.56. The van der Waals surface area contributed by atoms with Gasteiger partial charge in [0.15, 0.2) is 0 Å². The minimum Gasteiger partial charge on any atom is -0.366 e. The van der Waals surface area contributed by atoms with Gasteiger partial charge in [0.2, 0.25) is 0 Å². The molecule has 1 aliphatic rings. The number of nitrogens with one attached hydrogen (secondary N) is 2. The van der Waals surface area contributed by atoms with Crippen LogP contribution in [0.3, 0.4) is 0 Å².